The summed E-state index contributed by atoms with van der Waals surface area (Å²) in [7, 11) is 0. The molecule has 5 rings (SSSR count). The lowest BCUT2D eigenvalue weighted by atomic mass is 10.0. The number of ether oxygens (including phenoxy) is 2. The Balaban J connectivity index is 1.41. The van der Waals surface area contributed by atoms with E-state index >= 15 is 0 Å². The van der Waals surface area contributed by atoms with Crippen LogP contribution in [-0.2, 0) is 16.0 Å². The SMILES string of the molecule is O=C(c1cc([C@@H]2CN(Cc3ccc(F)cc3)CCO2)nc2ccccc12)N1CCOCC1. The maximum atomic E-state index is 13.3. The number of nitrogens with zero attached hydrogens (tertiary/aromatic N) is 3. The number of aromatic nitrogens is 1. The van der Waals surface area contributed by atoms with Crippen molar-refractivity contribution >= 4 is 16.8 Å². The molecular formula is C25H26FN3O3. The lowest BCUT2D eigenvalue weighted by Gasteiger charge is -2.33. The van der Waals surface area contributed by atoms with Crippen molar-refractivity contribution in [3.8, 4) is 0 Å². The second-order valence-electron chi connectivity index (χ2n) is 8.24. The molecule has 32 heavy (non-hydrogen) atoms. The van der Waals surface area contributed by atoms with Crippen molar-refractivity contribution in [2.24, 2.45) is 0 Å². The molecule has 2 aliphatic heterocycles. The topological polar surface area (TPSA) is 54.9 Å². The molecule has 1 atom stereocenters. The van der Waals surface area contributed by atoms with Gasteiger partial charge in [-0.3, -0.25) is 9.69 Å². The molecule has 2 aliphatic rings. The molecule has 2 fully saturated rings. The summed E-state index contributed by atoms with van der Waals surface area (Å²) in [5.74, 6) is -0.224. The summed E-state index contributed by atoms with van der Waals surface area (Å²) in [4.78, 5) is 22.3. The number of hydrogen-bond acceptors (Lipinski definition) is 5. The Bertz CT molecular complexity index is 1100. The molecular weight excluding hydrogens is 409 g/mol. The van der Waals surface area contributed by atoms with Gasteiger partial charge in [0.05, 0.1) is 36.6 Å². The summed E-state index contributed by atoms with van der Waals surface area (Å²) >= 11 is 0. The number of benzene rings is 2. The van der Waals surface area contributed by atoms with Crippen molar-refractivity contribution in [3.63, 3.8) is 0 Å². The number of carbonyl (C=O) groups is 1. The average Bonchev–Trinajstić information content (AvgIpc) is 2.85. The Morgan fingerprint density at radius 1 is 1.03 bits per heavy atom. The number of amides is 1. The van der Waals surface area contributed by atoms with Gasteiger partial charge in [0.2, 0.25) is 0 Å². The molecule has 0 radical (unpaired) electrons. The van der Waals surface area contributed by atoms with Gasteiger partial charge in [-0.15, -0.1) is 0 Å². The Kier molecular flexibility index (Phi) is 6.12. The third-order valence-corrected chi connectivity index (χ3v) is 6.06. The molecule has 1 aromatic heterocycles. The number of rotatable bonds is 4. The van der Waals surface area contributed by atoms with Crippen LogP contribution in [-0.4, -0.2) is 66.7 Å². The molecule has 3 aromatic rings. The average molecular weight is 435 g/mol. The number of morpholine rings is 2. The predicted octanol–water partition coefficient (Wildman–Crippen LogP) is 3.42. The van der Waals surface area contributed by atoms with Crippen molar-refractivity contribution < 1.29 is 18.7 Å². The minimum absolute atomic E-state index is 0.00660. The number of hydrogen-bond donors (Lipinski definition) is 0. The van der Waals surface area contributed by atoms with E-state index in [1.165, 1.54) is 12.1 Å². The molecule has 0 saturated carbocycles. The molecule has 0 unspecified atom stereocenters. The molecule has 0 aliphatic carbocycles. The molecule has 7 heteroatoms. The van der Waals surface area contributed by atoms with Gasteiger partial charge in [0, 0.05) is 38.1 Å². The van der Waals surface area contributed by atoms with Crippen LogP contribution >= 0.6 is 0 Å². The third-order valence-electron chi connectivity index (χ3n) is 6.06. The fraction of sp³-hybridized carbons (Fsp3) is 0.360. The summed E-state index contributed by atoms with van der Waals surface area (Å²) in [5.41, 5.74) is 3.28. The van der Waals surface area contributed by atoms with Gasteiger partial charge in [-0.05, 0) is 29.8 Å². The van der Waals surface area contributed by atoms with Gasteiger partial charge in [0.25, 0.3) is 5.91 Å². The molecule has 0 bridgehead atoms. The lowest BCUT2D eigenvalue weighted by molar-refractivity contribution is -0.0348. The van der Waals surface area contributed by atoms with Crippen molar-refractivity contribution in [1.29, 1.82) is 0 Å². The Labute approximate surface area is 186 Å². The normalized spacial score (nSPS) is 19.9. The van der Waals surface area contributed by atoms with Crippen LogP contribution in [0.3, 0.4) is 0 Å². The summed E-state index contributed by atoms with van der Waals surface area (Å²) in [6.07, 6.45) is -0.231. The van der Waals surface area contributed by atoms with E-state index in [0.717, 1.165) is 28.7 Å². The van der Waals surface area contributed by atoms with E-state index in [4.69, 9.17) is 14.5 Å². The summed E-state index contributed by atoms with van der Waals surface area (Å²) in [5, 5.41) is 0.853. The van der Waals surface area contributed by atoms with Gasteiger partial charge in [-0.1, -0.05) is 30.3 Å². The van der Waals surface area contributed by atoms with Gasteiger partial charge < -0.3 is 14.4 Å². The Hall–Kier alpha value is -2.87. The molecule has 6 nitrogen and oxygen atoms in total. The van der Waals surface area contributed by atoms with Crippen molar-refractivity contribution in [2.45, 2.75) is 12.6 Å². The fourth-order valence-electron chi connectivity index (χ4n) is 4.35. The number of carbonyl (C=O) groups excluding carboxylic acids is 1. The molecule has 2 saturated heterocycles. The van der Waals surface area contributed by atoms with Gasteiger partial charge in [-0.25, -0.2) is 9.37 Å². The molecule has 2 aromatic carbocycles. The van der Waals surface area contributed by atoms with Gasteiger partial charge in [0.15, 0.2) is 0 Å². The number of fused-ring (bicyclic) bond motifs is 1. The largest absolute Gasteiger partial charge is 0.378 e. The predicted molar refractivity (Wildman–Crippen MR) is 119 cm³/mol. The summed E-state index contributed by atoms with van der Waals surface area (Å²) < 4.78 is 24.7. The van der Waals surface area contributed by atoms with Crippen LogP contribution in [0.15, 0.2) is 54.6 Å². The van der Waals surface area contributed by atoms with Gasteiger partial charge >= 0.3 is 0 Å². The second-order valence-corrected chi connectivity index (χ2v) is 8.24. The quantitative estimate of drug-likeness (QED) is 0.629. The number of pyridine rings is 1. The maximum Gasteiger partial charge on any atom is 0.254 e. The highest BCUT2D eigenvalue weighted by atomic mass is 19.1. The van der Waals surface area contributed by atoms with Crippen LogP contribution in [0.2, 0.25) is 0 Å². The van der Waals surface area contributed by atoms with E-state index in [1.54, 1.807) is 0 Å². The first kappa shape index (κ1) is 21.0. The molecule has 166 valence electrons. The molecule has 0 spiro atoms. The number of halogens is 1. The van der Waals surface area contributed by atoms with Crippen molar-refractivity contribution in [3.05, 3.63) is 77.2 Å². The van der Waals surface area contributed by atoms with Crippen molar-refractivity contribution in [2.75, 3.05) is 46.0 Å². The van der Waals surface area contributed by atoms with Crippen LogP contribution in [0.25, 0.3) is 10.9 Å². The first-order valence-corrected chi connectivity index (χ1v) is 11.0. The van der Waals surface area contributed by atoms with E-state index in [-0.39, 0.29) is 17.8 Å². The van der Waals surface area contributed by atoms with Gasteiger partial charge in [0.1, 0.15) is 11.9 Å². The van der Waals surface area contributed by atoms with E-state index in [2.05, 4.69) is 4.90 Å². The first-order chi connectivity index (χ1) is 15.7. The standard InChI is InChI=1S/C25H26FN3O3/c26-19-7-5-18(6-8-19)16-28-9-14-32-24(17-28)23-15-21(20-3-1-2-4-22(20)27-23)25(30)29-10-12-31-13-11-29/h1-8,15,24H,9-14,16-17H2/t24-/m0/s1. The van der Waals surface area contributed by atoms with E-state index < -0.39 is 0 Å². The zero-order valence-electron chi connectivity index (χ0n) is 17.9. The van der Waals surface area contributed by atoms with E-state index in [1.807, 2.05) is 47.4 Å². The molecule has 0 N–H and O–H groups in total. The Morgan fingerprint density at radius 3 is 2.62 bits per heavy atom. The van der Waals surface area contributed by atoms with Crippen LogP contribution in [0.5, 0.6) is 0 Å². The van der Waals surface area contributed by atoms with Crippen molar-refractivity contribution in [1.82, 2.24) is 14.8 Å². The Morgan fingerprint density at radius 2 is 1.81 bits per heavy atom. The van der Waals surface area contributed by atoms with E-state index in [0.29, 0.717) is 51.6 Å². The zero-order valence-corrected chi connectivity index (χ0v) is 17.9. The van der Waals surface area contributed by atoms with E-state index in [9.17, 15) is 9.18 Å². The molecule has 3 heterocycles. The highest BCUT2D eigenvalue weighted by Gasteiger charge is 2.27. The highest BCUT2D eigenvalue weighted by molar-refractivity contribution is 6.06. The fourth-order valence-corrected chi connectivity index (χ4v) is 4.35. The minimum Gasteiger partial charge on any atom is -0.378 e. The number of para-hydroxylation sites is 1. The van der Waals surface area contributed by atoms with Crippen LogP contribution in [0, 0.1) is 5.82 Å². The van der Waals surface area contributed by atoms with Crippen LogP contribution < -0.4 is 0 Å². The zero-order chi connectivity index (χ0) is 21.9. The second kappa shape index (κ2) is 9.32. The summed E-state index contributed by atoms with van der Waals surface area (Å²) in [6.45, 7) is 5.05. The highest BCUT2D eigenvalue weighted by Crippen LogP contribution is 2.27. The summed E-state index contributed by atoms with van der Waals surface area (Å²) in [6, 6.07) is 16.2. The third kappa shape index (κ3) is 4.50. The first-order valence-electron chi connectivity index (χ1n) is 11.0. The van der Waals surface area contributed by atoms with Crippen LogP contribution in [0.4, 0.5) is 4.39 Å². The monoisotopic (exact) mass is 435 g/mol. The smallest absolute Gasteiger partial charge is 0.254 e. The van der Waals surface area contributed by atoms with Crippen LogP contribution in [0.1, 0.15) is 27.7 Å². The minimum atomic E-state index is -0.231. The van der Waals surface area contributed by atoms with Gasteiger partial charge in [-0.2, -0.15) is 0 Å². The maximum absolute atomic E-state index is 13.3. The molecule has 1 amide bonds. The lowest BCUT2D eigenvalue weighted by Crippen LogP contribution is -2.41.